The second-order valence-corrected chi connectivity index (χ2v) is 6.59. The summed E-state index contributed by atoms with van der Waals surface area (Å²) in [5.41, 5.74) is 8.40. The smallest absolute Gasteiger partial charge is 0.0958 e. The second-order valence-electron chi connectivity index (χ2n) is 5.46. The van der Waals surface area contributed by atoms with Gasteiger partial charge in [0.2, 0.25) is 0 Å². The van der Waals surface area contributed by atoms with Crippen LogP contribution in [0.4, 0.5) is 0 Å². The van der Waals surface area contributed by atoms with Crippen molar-refractivity contribution in [2.24, 2.45) is 11.7 Å². The third-order valence-corrected chi connectivity index (χ3v) is 5.12. The molecule has 3 rings (SSSR count). The lowest BCUT2D eigenvalue weighted by Gasteiger charge is -2.21. The number of ether oxygens (including phenoxy) is 1. The first kappa shape index (κ1) is 13.8. The largest absolute Gasteiger partial charge is 0.372 e. The first-order valence-electron chi connectivity index (χ1n) is 7.27. The van der Waals surface area contributed by atoms with E-state index in [2.05, 4.69) is 43.4 Å². The van der Waals surface area contributed by atoms with Crippen molar-refractivity contribution < 1.29 is 4.74 Å². The number of allylic oxidation sites excluding steroid dienone is 6. The molecule has 1 aromatic rings. The Morgan fingerprint density at radius 1 is 1.45 bits per heavy atom. The minimum absolute atomic E-state index is 0.0810. The van der Waals surface area contributed by atoms with Gasteiger partial charge in [-0.2, -0.15) is 0 Å². The summed E-state index contributed by atoms with van der Waals surface area (Å²) in [6, 6.07) is 2.27. The van der Waals surface area contributed by atoms with Crippen molar-refractivity contribution in [3.05, 3.63) is 51.8 Å². The van der Waals surface area contributed by atoms with E-state index in [4.69, 9.17) is 10.5 Å². The summed E-state index contributed by atoms with van der Waals surface area (Å²) < 4.78 is 5.74. The molecule has 0 aromatic carbocycles. The van der Waals surface area contributed by atoms with Crippen LogP contribution in [0.15, 0.2) is 36.4 Å². The molecule has 0 bridgehead atoms. The zero-order valence-corrected chi connectivity index (χ0v) is 12.7. The van der Waals surface area contributed by atoms with E-state index in [1.165, 1.54) is 20.9 Å². The van der Waals surface area contributed by atoms with E-state index < -0.39 is 0 Å². The lowest BCUT2D eigenvalue weighted by molar-refractivity contribution is 0.0498. The van der Waals surface area contributed by atoms with Gasteiger partial charge in [0, 0.05) is 22.7 Å². The Morgan fingerprint density at radius 3 is 3.20 bits per heavy atom. The predicted octanol–water partition coefficient (Wildman–Crippen LogP) is 3.86. The van der Waals surface area contributed by atoms with E-state index >= 15 is 0 Å². The second kappa shape index (κ2) is 6.08. The molecule has 0 spiro atoms. The van der Waals surface area contributed by atoms with Crippen molar-refractivity contribution in [2.45, 2.75) is 25.9 Å². The van der Waals surface area contributed by atoms with Gasteiger partial charge in [0.05, 0.1) is 12.7 Å². The van der Waals surface area contributed by atoms with E-state index in [1.54, 1.807) is 0 Å². The van der Waals surface area contributed by atoms with Crippen LogP contribution in [-0.2, 0) is 11.2 Å². The molecule has 2 nitrogen and oxygen atoms in total. The van der Waals surface area contributed by atoms with Crippen LogP contribution in [0.2, 0.25) is 0 Å². The molecule has 1 aliphatic heterocycles. The highest BCUT2D eigenvalue weighted by Crippen LogP contribution is 2.37. The van der Waals surface area contributed by atoms with Crippen LogP contribution >= 0.6 is 11.3 Å². The highest BCUT2D eigenvalue weighted by molar-refractivity contribution is 7.13. The first-order chi connectivity index (χ1) is 9.78. The fourth-order valence-electron chi connectivity index (χ4n) is 2.69. The van der Waals surface area contributed by atoms with Gasteiger partial charge in [0.25, 0.3) is 0 Å². The van der Waals surface area contributed by atoms with Crippen LogP contribution in [0.5, 0.6) is 0 Å². The average Bonchev–Trinajstić information content (AvgIpc) is 2.86. The minimum Gasteiger partial charge on any atom is -0.372 e. The van der Waals surface area contributed by atoms with Crippen LogP contribution < -0.4 is 5.73 Å². The van der Waals surface area contributed by atoms with E-state index in [9.17, 15) is 0 Å². The van der Waals surface area contributed by atoms with Crippen molar-refractivity contribution in [3.63, 3.8) is 0 Å². The molecule has 106 valence electrons. The molecule has 0 radical (unpaired) electrons. The standard InChI is InChI=1S/C17H21NOS/c1-12-4-2-6-13(7-3-5-12)17-10-14-15(11-18)19-9-8-16(14)20-17/h2-4,6-7,10,12,15H,5,8-9,11,18H2,1H3. The quantitative estimate of drug-likeness (QED) is 0.896. The van der Waals surface area contributed by atoms with Crippen LogP contribution in [0.1, 0.15) is 34.8 Å². The lowest BCUT2D eigenvalue weighted by atomic mass is 10.0. The number of hydrogen-bond acceptors (Lipinski definition) is 3. The Hall–Kier alpha value is -1.16. The van der Waals surface area contributed by atoms with Gasteiger partial charge in [-0.05, 0) is 29.5 Å². The van der Waals surface area contributed by atoms with Crippen LogP contribution in [0.25, 0.3) is 5.57 Å². The van der Waals surface area contributed by atoms with Gasteiger partial charge in [0.1, 0.15) is 0 Å². The molecule has 0 fully saturated rings. The monoisotopic (exact) mass is 287 g/mol. The Bertz CT molecular complexity index is 568. The first-order valence-corrected chi connectivity index (χ1v) is 8.09. The Labute approximate surface area is 124 Å². The molecule has 2 aliphatic rings. The Kier molecular flexibility index (Phi) is 4.20. The Balaban J connectivity index is 1.93. The number of fused-ring (bicyclic) bond motifs is 1. The predicted molar refractivity (Wildman–Crippen MR) is 85.8 cm³/mol. The zero-order chi connectivity index (χ0) is 13.9. The summed E-state index contributed by atoms with van der Waals surface area (Å²) in [4.78, 5) is 2.77. The molecule has 20 heavy (non-hydrogen) atoms. The Morgan fingerprint density at radius 2 is 2.35 bits per heavy atom. The molecule has 0 saturated heterocycles. The third-order valence-electron chi connectivity index (χ3n) is 3.86. The molecule has 0 saturated carbocycles. The fraction of sp³-hybridized carbons (Fsp3) is 0.412. The maximum Gasteiger partial charge on any atom is 0.0958 e. The minimum atomic E-state index is 0.0810. The lowest BCUT2D eigenvalue weighted by Crippen LogP contribution is -2.21. The highest BCUT2D eigenvalue weighted by atomic mass is 32.1. The van der Waals surface area contributed by atoms with Crippen molar-refractivity contribution in [1.29, 1.82) is 0 Å². The molecule has 3 heteroatoms. The van der Waals surface area contributed by atoms with Crippen LogP contribution in [0.3, 0.4) is 0 Å². The highest BCUT2D eigenvalue weighted by Gasteiger charge is 2.23. The number of nitrogens with two attached hydrogens (primary N) is 1. The molecule has 2 unspecified atom stereocenters. The van der Waals surface area contributed by atoms with Crippen molar-refractivity contribution in [3.8, 4) is 0 Å². The molecule has 2 atom stereocenters. The zero-order valence-electron chi connectivity index (χ0n) is 11.8. The normalized spacial score (nSPS) is 25.8. The summed E-state index contributed by atoms with van der Waals surface area (Å²) in [6.07, 6.45) is 13.4. The SMILES string of the molecule is CC1C=CC=C(c2cc3c(s2)CCOC3CN)C=CC1. The van der Waals surface area contributed by atoms with Gasteiger partial charge in [0.15, 0.2) is 0 Å². The van der Waals surface area contributed by atoms with E-state index in [-0.39, 0.29) is 6.10 Å². The van der Waals surface area contributed by atoms with Crippen molar-refractivity contribution in [1.82, 2.24) is 0 Å². The van der Waals surface area contributed by atoms with E-state index in [0.717, 1.165) is 19.4 Å². The summed E-state index contributed by atoms with van der Waals surface area (Å²) in [5.74, 6) is 0.621. The maximum absolute atomic E-state index is 5.81. The molecule has 1 aliphatic carbocycles. The topological polar surface area (TPSA) is 35.2 Å². The molecule has 1 aromatic heterocycles. The van der Waals surface area contributed by atoms with Gasteiger partial charge in [-0.25, -0.2) is 0 Å². The van der Waals surface area contributed by atoms with Gasteiger partial charge in [-0.15, -0.1) is 11.3 Å². The van der Waals surface area contributed by atoms with Gasteiger partial charge >= 0.3 is 0 Å². The van der Waals surface area contributed by atoms with Crippen LogP contribution in [0, 0.1) is 5.92 Å². The number of thiophene rings is 1. The van der Waals surface area contributed by atoms with Crippen LogP contribution in [-0.4, -0.2) is 13.2 Å². The van der Waals surface area contributed by atoms with Crippen molar-refractivity contribution >= 4 is 16.9 Å². The molecule has 0 amide bonds. The maximum atomic E-state index is 5.81. The summed E-state index contributed by atoms with van der Waals surface area (Å²) in [7, 11) is 0. The molecular weight excluding hydrogens is 266 g/mol. The van der Waals surface area contributed by atoms with E-state index in [0.29, 0.717) is 12.5 Å². The summed E-state index contributed by atoms with van der Waals surface area (Å²) in [5, 5.41) is 0. The van der Waals surface area contributed by atoms with Crippen molar-refractivity contribution in [2.75, 3.05) is 13.2 Å². The molecule has 2 heterocycles. The summed E-state index contributed by atoms with van der Waals surface area (Å²) in [6.45, 7) is 3.60. The van der Waals surface area contributed by atoms with Gasteiger partial charge < -0.3 is 10.5 Å². The van der Waals surface area contributed by atoms with E-state index in [1.807, 2.05) is 11.3 Å². The third kappa shape index (κ3) is 2.80. The molecule has 2 N–H and O–H groups in total. The number of rotatable bonds is 2. The molecular formula is C17H21NOS. The average molecular weight is 287 g/mol. The summed E-state index contributed by atoms with van der Waals surface area (Å²) >= 11 is 1.89. The number of hydrogen-bond donors (Lipinski definition) is 1. The fourth-order valence-corrected chi connectivity index (χ4v) is 3.89. The van der Waals surface area contributed by atoms with Gasteiger partial charge in [-0.1, -0.05) is 37.3 Å². The van der Waals surface area contributed by atoms with Gasteiger partial charge in [-0.3, -0.25) is 0 Å².